The Morgan fingerprint density at radius 1 is 1.06 bits per heavy atom. The van der Waals surface area contributed by atoms with Gasteiger partial charge in [-0.1, -0.05) is 31.2 Å². The molecule has 3 aromatic carbocycles. The third-order valence-electron chi connectivity index (χ3n) is 4.88. The van der Waals surface area contributed by atoms with Crippen LogP contribution in [0.15, 0.2) is 66.7 Å². The number of hydrogen-bond donors (Lipinski definition) is 1. The van der Waals surface area contributed by atoms with Crippen LogP contribution in [0.1, 0.15) is 19.4 Å². The summed E-state index contributed by atoms with van der Waals surface area (Å²) >= 11 is 0. The maximum atomic E-state index is 12.6. The topological polar surface area (TPSA) is 90.7 Å². The zero-order chi connectivity index (χ0) is 22.4. The molecule has 0 aliphatic carbocycles. The van der Waals surface area contributed by atoms with Crippen LogP contribution in [0.3, 0.4) is 0 Å². The maximum absolute atomic E-state index is 12.6. The summed E-state index contributed by atoms with van der Waals surface area (Å²) in [6.45, 7) is 3.70. The number of methoxy groups -OCH3 is 1. The summed E-state index contributed by atoms with van der Waals surface area (Å²) in [5.41, 5.74) is 3.02. The highest BCUT2D eigenvalue weighted by atomic mass is 16.6. The number of carbonyl (C=O) groups is 1. The molecule has 7 nitrogen and oxygen atoms in total. The number of carbonyl (C=O) groups excluding carboxylic acids is 1. The molecule has 0 saturated heterocycles. The van der Waals surface area contributed by atoms with Gasteiger partial charge in [-0.25, -0.2) is 0 Å². The van der Waals surface area contributed by atoms with Gasteiger partial charge in [0.2, 0.25) is 0 Å². The second kappa shape index (κ2) is 9.75. The molecule has 0 unspecified atom stereocenters. The molecule has 0 aliphatic rings. The first-order chi connectivity index (χ1) is 14.9. The van der Waals surface area contributed by atoms with Gasteiger partial charge in [-0.15, -0.1) is 0 Å². The lowest BCUT2D eigenvalue weighted by atomic mass is 10.0. The molecule has 0 saturated carbocycles. The summed E-state index contributed by atoms with van der Waals surface area (Å²) in [6.07, 6.45) is 0.103. The van der Waals surface area contributed by atoms with Crippen molar-refractivity contribution in [3.05, 3.63) is 82.4 Å². The third kappa shape index (κ3) is 5.39. The Balaban J connectivity index is 1.83. The van der Waals surface area contributed by atoms with Gasteiger partial charge < -0.3 is 14.8 Å². The van der Waals surface area contributed by atoms with Gasteiger partial charge >= 0.3 is 0 Å². The molecule has 7 heteroatoms. The molecule has 0 spiro atoms. The third-order valence-corrected chi connectivity index (χ3v) is 4.88. The van der Waals surface area contributed by atoms with Crippen LogP contribution >= 0.6 is 0 Å². The van der Waals surface area contributed by atoms with Crippen LogP contribution in [0.4, 0.5) is 11.4 Å². The number of aryl methyl sites for hydroxylation is 1. The lowest BCUT2D eigenvalue weighted by molar-refractivity contribution is -0.384. The molecule has 160 valence electrons. The van der Waals surface area contributed by atoms with Crippen molar-refractivity contribution in [1.82, 2.24) is 0 Å². The van der Waals surface area contributed by atoms with Crippen LogP contribution < -0.4 is 14.8 Å². The molecule has 0 bridgehead atoms. The SMILES string of the molecule is CCc1ccc(NC(=O)[C@@H](C)Oc2ccc([N+](=O)[O-])cc2-c2ccc(OC)cc2)cc1. The molecular formula is C24H24N2O5. The smallest absolute Gasteiger partial charge is 0.270 e. The average molecular weight is 420 g/mol. The summed E-state index contributed by atoms with van der Waals surface area (Å²) in [7, 11) is 1.56. The summed E-state index contributed by atoms with van der Waals surface area (Å²) in [4.78, 5) is 23.4. The van der Waals surface area contributed by atoms with E-state index in [1.807, 2.05) is 24.3 Å². The van der Waals surface area contributed by atoms with E-state index in [0.717, 1.165) is 6.42 Å². The number of non-ortho nitro benzene ring substituents is 1. The number of anilines is 1. The average Bonchev–Trinajstić information content (AvgIpc) is 2.79. The number of nitro benzene ring substituents is 1. The molecule has 0 aromatic heterocycles. The molecule has 3 rings (SSSR count). The first-order valence-electron chi connectivity index (χ1n) is 9.90. The second-order valence-electron chi connectivity index (χ2n) is 6.97. The highest BCUT2D eigenvalue weighted by molar-refractivity contribution is 5.94. The Kier molecular flexibility index (Phi) is 6.87. The molecule has 1 amide bonds. The fourth-order valence-electron chi connectivity index (χ4n) is 3.04. The number of hydrogen-bond acceptors (Lipinski definition) is 5. The van der Waals surface area contributed by atoms with Crippen LogP contribution in [0.25, 0.3) is 11.1 Å². The van der Waals surface area contributed by atoms with E-state index in [2.05, 4.69) is 12.2 Å². The van der Waals surface area contributed by atoms with Crippen molar-refractivity contribution in [3.8, 4) is 22.6 Å². The van der Waals surface area contributed by atoms with Gasteiger partial charge in [0, 0.05) is 23.4 Å². The Morgan fingerprint density at radius 3 is 2.32 bits per heavy atom. The molecule has 1 atom stereocenters. The first kappa shape index (κ1) is 21.8. The molecule has 31 heavy (non-hydrogen) atoms. The van der Waals surface area contributed by atoms with E-state index in [0.29, 0.717) is 28.3 Å². The van der Waals surface area contributed by atoms with Crippen LogP contribution in [-0.4, -0.2) is 24.0 Å². The first-order valence-corrected chi connectivity index (χ1v) is 9.90. The van der Waals surface area contributed by atoms with Crippen LogP contribution in [0.2, 0.25) is 0 Å². The number of benzene rings is 3. The van der Waals surface area contributed by atoms with E-state index in [1.165, 1.54) is 23.8 Å². The molecule has 0 heterocycles. The minimum atomic E-state index is -0.815. The van der Waals surface area contributed by atoms with Crippen molar-refractivity contribution in [2.24, 2.45) is 0 Å². The van der Waals surface area contributed by atoms with Gasteiger partial charge in [-0.05, 0) is 54.8 Å². The van der Waals surface area contributed by atoms with E-state index in [-0.39, 0.29) is 11.6 Å². The van der Waals surface area contributed by atoms with E-state index in [4.69, 9.17) is 9.47 Å². The number of ether oxygens (including phenoxy) is 2. The Labute approximate surface area is 180 Å². The van der Waals surface area contributed by atoms with Crippen LogP contribution in [0, 0.1) is 10.1 Å². The van der Waals surface area contributed by atoms with Gasteiger partial charge in [0.05, 0.1) is 12.0 Å². The standard InChI is InChI=1S/C24H24N2O5/c1-4-17-5-9-19(10-6-17)25-24(27)16(2)31-23-14-11-20(26(28)29)15-22(23)18-7-12-21(30-3)13-8-18/h5-16H,4H2,1-3H3,(H,25,27)/t16-/m1/s1. The summed E-state index contributed by atoms with van der Waals surface area (Å²) in [6, 6.07) is 19.0. The highest BCUT2D eigenvalue weighted by Crippen LogP contribution is 2.35. The number of amides is 1. The van der Waals surface area contributed by atoms with Crippen LogP contribution in [0.5, 0.6) is 11.5 Å². The van der Waals surface area contributed by atoms with Crippen molar-refractivity contribution in [3.63, 3.8) is 0 Å². The number of nitrogens with zero attached hydrogens (tertiary/aromatic N) is 1. The van der Waals surface area contributed by atoms with Gasteiger partial charge in [-0.3, -0.25) is 14.9 Å². The van der Waals surface area contributed by atoms with E-state index >= 15 is 0 Å². The highest BCUT2D eigenvalue weighted by Gasteiger charge is 2.19. The van der Waals surface area contributed by atoms with Crippen molar-refractivity contribution >= 4 is 17.3 Å². The Hall–Kier alpha value is -3.87. The van der Waals surface area contributed by atoms with Gasteiger partial charge in [0.1, 0.15) is 11.5 Å². The quantitative estimate of drug-likeness (QED) is 0.398. The van der Waals surface area contributed by atoms with E-state index in [1.54, 1.807) is 38.3 Å². The molecule has 3 aromatic rings. The normalized spacial score (nSPS) is 11.5. The predicted molar refractivity (Wildman–Crippen MR) is 120 cm³/mol. The summed E-state index contributed by atoms with van der Waals surface area (Å²) in [5, 5.41) is 14.1. The minimum absolute atomic E-state index is 0.0636. The number of rotatable bonds is 8. The molecule has 0 aliphatic heterocycles. The predicted octanol–water partition coefficient (Wildman–Crippen LogP) is 5.24. The van der Waals surface area contributed by atoms with E-state index in [9.17, 15) is 14.9 Å². The maximum Gasteiger partial charge on any atom is 0.270 e. The Morgan fingerprint density at radius 2 is 1.74 bits per heavy atom. The van der Waals surface area contributed by atoms with Crippen molar-refractivity contribution < 1.29 is 19.2 Å². The fourth-order valence-corrected chi connectivity index (χ4v) is 3.04. The monoisotopic (exact) mass is 420 g/mol. The van der Waals surface area contributed by atoms with Gasteiger partial charge in [-0.2, -0.15) is 0 Å². The summed E-state index contributed by atoms with van der Waals surface area (Å²) < 4.78 is 11.1. The summed E-state index contributed by atoms with van der Waals surface area (Å²) in [5.74, 6) is 0.724. The minimum Gasteiger partial charge on any atom is -0.497 e. The van der Waals surface area contributed by atoms with Gasteiger partial charge in [0.25, 0.3) is 11.6 Å². The number of nitrogens with one attached hydrogen (secondary N) is 1. The molecule has 0 radical (unpaired) electrons. The van der Waals surface area contributed by atoms with Crippen molar-refractivity contribution in [2.75, 3.05) is 12.4 Å². The largest absolute Gasteiger partial charge is 0.497 e. The lowest BCUT2D eigenvalue weighted by Gasteiger charge is -2.18. The zero-order valence-electron chi connectivity index (χ0n) is 17.6. The van der Waals surface area contributed by atoms with Gasteiger partial charge in [0.15, 0.2) is 6.10 Å². The zero-order valence-corrected chi connectivity index (χ0v) is 17.6. The molecule has 1 N–H and O–H groups in total. The Bertz CT molecular complexity index is 1060. The van der Waals surface area contributed by atoms with E-state index < -0.39 is 11.0 Å². The molecular weight excluding hydrogens is 396 g/mol. The second-order valence-corrected chi connectivity index (χ2v) is 6.97. The van der Waals surface area contributed by atoms with Crippen molar-refractivity contribution in [1.29, 1.82) is 0 Å². The van der Waals surface area contributed by atoms with Crippen LogP contribution in [-0.2, 0) is 11.2 Å². The van der Waals surface area contributed by atoms with Crippen molar-refractivity contribution in [2.45, 2.75) is 26.4 Å². The lowest BCUT2D eigenvalue weighted by Crippen LogP contribution is -2.30. The molecule has 0 fully saturated rings. The fraction of sp³-hybridized carbons (Fsp3) is 0.208. The number of nitro groups is 1.